The molecule has 10 nitrogen and oxygen atoms in total. The fourth-order valence-corrected chi connectivity index (χ4v) is 2.58. The van der Waals surface area contributed by atoms with Gasteiger partial charge < -0.3 is 9.55 Å². The Labute approximate surface area is 154 Å². The van der Waals surface area contributed by atoms with Crippen molar-refractivity contribution in [1.29, 1.82) is 0 Å². The van der Waals surface area contributed by atoms with E-state index < -0.39 is 6.03 Å². The number of anilines is 2. The number of aromatic nitrogens is 7. The first kappa shape index (κ1) is 16.6. The summed E-state index contributed by atoms with van der Waals surface area (Å²) in [5, 5.41) is 14.2. The number of fused-ring (bicyclic) bond motifs is 1. The molecule has 2 amide bonds. The molecule has 0 atom stereocenters. The van der Waals surface area contributed by atoms with E-state index in [-0.39, 0.29) is 12.0 Å². The van der Waals surface area contributed by atoms with Gasteiger partial charge in [-0.25, -0.2) is 14.8 Å². The van der Waals surface area contributed by atoms with E-state index in [1.807, 2.05) is 30.5 Å². The Morgan fingerprint density at radius 1 is 1.19 bits per heavy atom. The molecule has 0 fully saturated rings. The molecule has 27 heavy (non-hydrogen) atoms. The highest BCUT2D eigenvalue weighted by Gasteiger charge is 2.13. The van der Waals surface area contributed by atoms with E-state index in [9.17, 15) is 4.79 Å². The molecule has 0 aliphatic carbocycles. The van der Waals surface area contributed by atoms with E-state index in [2.05, 4.69) is 40.8 Å². The average Bonchev–Trinajstić information content (AvgIpc) is 3.30. The highest BCUT2D eigenvalue weighted by atomic mass is 16.2. The van der Waals surface area contributed by atoms with Crippen molar-refractivity contribution >= 4 is 28.8 Å². The Bertz CT molecular complexity index is 1100. The van der Waals surface area contributed by atoms with Crippen LogP contribution in [-0.2, 0) is 0 Å². The Hall–Kier alpha value is -3.82. The average molecular weight is 363 g/mol. The van der Waals surface area contributed by atoms with Crippen LogP contribution in [0.1, 0.15) is 19.9 Å². The zero-order chi connectivity index (χ0) is 18.8. The quantitative estimate of drug-likeness (QED) is 0.512. The number of carbonyl (C=O) groups excluding carboxylic acids is 1. The number of H-pyrrole nitrogens is 1. The standard InChI is InChI=1S/C17H17N9O/c1-10(2)26-9-20-25-15(26)12-4-3-5-13(21-12)22-17(27)24-16-19-8-11-6-7-18-14(11)23-16/h3-10H,1-2H3,(H3,18,19,21,22,23,24,27). The number of nitrogens with zero attached hydrogens (tertiary/aromatic N) is 6. The molecule has 136 valence electrons. The topological polar surface area (TPSA) is 126 Å². The SMILES string of the molecule is CC(C)n1cnnc1-c1cccc(NC(=O)Nc2ncc3cc[nH]c3n2)n1. The molecule has 4 aromatic heterocycles. The first-order valence-corrected chi connectivity index (χ1v) is 8.35. The van der Waals surface area contributed by atoms with Gasteiger partial charge in [0.1, 0.15) is 23.5 Å². The second kappa shape index (κ2) is 6.83. The highest BCUT2D eigenvalue weighted by Crippen LogP contribution is 2.19. The van der Waals surface area contributed by atoms with Crippen molar-refractivity contribution in [3.8, 4) is 11.5 Å². The summed E-state index contributed by atoms with van der Waals surface area (Å²) in [5.74, 6) is 1.21. The first-order chi connectivity index (χ1) is 13.1. The van der Waals surface area contributed by atoms with Gasteiger partial charge in [0, 0.05) is 23.8 Å². The van der Waals surface area contributed by atoms with Crippen LogP contribution < -0.4 is 10.6 Å². The van der Waals surface area contributed by atoms with Crippen molar-refractivity contribution in [3.63, 3.8) is 0 Å². The lowest BCUT2D eigenvalue weighted by Gasteiger charge is -2.10. The van der Waals surface area contributed by atoms with Crippen molar-refractivity contribution in [1.82, 2.24) is 34.7 Å². The molecule has 0 unspecified atom stereocenters. The lowest BCUT2D eigenvalue weighted by molar-refractivity contribution is 0.262. The molecule has 0 bridgehead atoms. The fourth-order valence-electron chi connectivity index (χ4n) is 2.58. The maximum atomic E-state index is 12.2. The van der Waals surface area contributed by atoms with Gasteiger partial charge in [0.05, 0.1) is 0 Å². The Kier molecular flexibility index (Phi) is 4.21. The Morgan fingerprint density at radius 2 is 2.07 bits per heavy atom. The van der Waals surface area contributed by atoms with Crippen LogP contribution in [-0.4, -0.2) is 40.7 Å². The molecule has 0 aromatic carbocycles. The third-order valence-corrected chi connectivity index (χ3v) is 3.87. The van der Waals surface area contributed by atoms with E-state index in [4.69, 9.17) is 0 Å². The first-order valence-electron chi connectivity index (χ1n) is 8.35. The maximum Gasteiger partial charge on any atom is 0.327 e. The number of amides is 2. The van der Waals surface area contributed by atoms with Crippen LogP contribution in [0.25, 0.3) is 22.6 Å². The minimum atomic E-state index is -0.490. The molecule has 0 radical (unpaired) electrons. The number of nitrogens with one attached hydrogen (secondary N) is 3. The highest BCUT2D eigenvalue weighted by molar-refractivity contribution is 5.98. The van der Waals surface area contributed by atoms with Gasteiger partial charge in [0.2, 0.25) is 5.95 Å². The summed E-state index contributed by atoms with van der Waals surface area (Å²) in [7, 11) is 0. The lowest BCUT2D eigenvalue weighted by Crippen LogP contribution is -2.21. The zero-order valence-electron chi connectivity index (χ0n) is 14.7. The van der Waals surface area contributed by atoms with Gasteiger partial charge in [-0.2, -0.15) is 4.98 Å². The molecule has 0 aliphatic heterocycles. The third kappa shape index (κ3) is 3.45. The van der Waals surface area contributed by atoms with Crippen LogP contribution >= 0.6 is 0 Å². The van der Waals surface area contributed by atoms with E-state index in [1.54, 1.807) is 30.9 Å². The fraction of sp³-hybridized carbons (Fsp3) is 0.176. The molecule has 10 heteroatoms. The number of pyridine rings is 1. The number of hydrogen-bond donors (Lipinski definition) is 3. The molecule has 0 saturated heterocycles. The summed E-state index contributed by atoms with van der Waals surface area (Å²) in [5.41, 5.74) is 1.26. The summed E-state index contributed by atoms with van der Waals surface area (Å²) in [6.07, 6.45) is 5.04. The molecule has 0 spiro atoms. The summed E-state index contributed by atoms with van der Waals surface area (Å²) < 4.78 is 1.91. The van der Waals surface area contributed by atoms with Gasteiger partial charge in [-0.05, 0) is 32.0 Å². The van der Waals surface area contributed by atoms with Crippen LogP contribution in [0.5, 0.6) is 0 Å². The number of aromatic amines is 1. The van der Waals surface area contributed by atoms with Crippen LogP contribution in [0, 0.1) is 0 Å². The van der Waals surface area contributed by atoms with Gasteiger partial charge in [0.25, 0.3) is 0 Å². The summed E-state index contributed by atoms with van der Waals surface area (Å²) >= 11 is 0. The van der Waals surface area contributed by atoms with Gasteiger partial charge in [-0.1, -0.05) is 6.07 Å². The monoisotopic (exact) mass is 363 g/mol. The second-order valence-electron chi connectivity index (χ2n) is 6.12. The molecule has 0 aliphatic rings. The molecule has 4 heterocycles. The number of urea groups is 1. The third-order valence-electron chi connectivity index (χ3n) is 3.87. The molecular weight excluding hydrogens is 346 g/mol. The van der Waals surface area contributed by atoms with Crippen molar-refractivity contribution in [2.75, 3.05) is 10.6 Å². The van der Waals surface area contributed by atoms with Crippen LogP contribution in [0.15, 0.2) is 43.0 Å². The second-order valence-corrected chi connectivity index (χ2v) is 6.12. The Morgan fingerprint density at radius 3 is 2.93 bits per heavy atom. The molecule has 4 rings (SSSR count). The van der Waals surface area contributed by atoms with Crippen molar-refractivity contribution < 1.29 is 4.79 Å². The molecule has 0 saturated carbocycles. The Balaban J connectivity index is 1.50. The number of carbonyl (C=O) groups is 1. The van der Waals surface area contributed by atoms with Gasteiger partial charge in [-0.3, -0.25) is 10.6 Å². The van der Waals surface area contributed by atoms with Crippen LogP contribution in [0.2, 0.25) is 0 Å². The van der Waals surface area contributed by atoms with Crippen LogP contribution in [0.3, 0.4) is 0 Å². The van der Waals surface area contributed by atoms with E-state index in [0.717, 1.165) is 5.39 Å². The molecular formula is C17H17N9O. The van der Waals surface area contributed by atoms with Gasteiger partial charge >= 0.3 is 6.03 Å². The van der Waals surface area contributed by atoms with Crippen molar-refractivity contribution in [2.45, 2.75) is 19.9 Å². The largest absolute Gasteiger partial charge is 0.346 e. The summed E-state index contributed by atoms with van der Waals surface area (Å²) in [6, 6.07) is 6.85. The molecule has 4 aromatic rings. The minimum Gasteiger partial charge on any atom is -0.346 e. The lowest BCUT2D eigenvalue weighted by atomic mass is 10.3. The van der Waals surface area contributed by atoms with E-state index in [1.165, 1.54) is 0 Å². The predicted molar refractivity (Wildman–Crippen MR) is 100 cm³/mol. The van der Waals surface area contributed by atoms with E-state index in [0.29, 0.717) is 23.0 Å². The van der Waals surface area contributed by atoms with Crippen molar-refractivity contribution in [2.24, 2.45) is 0 Å². The van der Waals surface area contributed by atoms with Gasteiger partial charge in [-0.15, -0.1) is 10.2 Å². The maximum absolute atomic E-state index is 12.2. The normalized spacial score (nSPS) is 11.1. The summed E-state index contributed by atoms with van der Waals surface area (Å²) in [6.45, 7) is 4.06. The zero-order valence-corrected chi connectivity index (χ0v) is 14.7. The number of rotatable bonds is 4. The molecule has 3 N–H and O–H groups in total. The van der Waals surface area contributed by atoms with Crippen LogP contribution in [0.4, 0.5) is 16.6 Å². The minimum absolute atomic E-state index is 0.191. The predicted octanol–water partition coefficient (Wildman–Crippen LogP) is 2.84. The van der Waals surface area contributed by atoms with Gasteiger partial charge in [0.15, 0.2) is 5.82 Å². The smallest absolute Gasteiger partial charge is 0.327 e. The van der Waals surface area contributed by atoms with E-state index >= 15 is 0 Å². The summed E-state index contributed by atoms with van der Waals surface area (Å²) in [4.78, 5) is 28.0. The number of hydrogen-bond acceptors (Lipinski definition) is 6. The van der Waals surface area contributed by atoms with Crippen molar-refractivity contribution in [3.05, 3.63) is 43.0 Å².